The highest BCUT2D eigenvalue weighted by molar-refractivity contribution is 6.07. The second kappa shape index (κ2) is 9.23. The lowest BCUT2D eigenvalue weighted by atomic mass is 10.1. The highest BCUT2D eigenvalue weighted by Crippen LogP contribution is 2.23. The molecule has 3 rings (SSSR count). The van der Waals surface area contributed by atoms with Crippen molar-refractivity contribution >= 4 is 34.8 Å². The quantitative estimate of drug-likeness (QED) is 0.257. The molecule has 1 amide bonds. The lowest BCUT2D eigenvalue weighted by Crippen LogP contribution is -2.12. The largest absolute Gasteiger partial charge is 0.322 e. The number of carbonyl (C=O) groups excluding carboxylic acids is 2. The van der Waals surface area contributed by atoms with E-state index >= 15 is 0 Å². The topological polar surface area (TPSA) is 132 Å². The normalized spacial score (nSPS) is 10.6. The van der Waals surface area contributed by atoms with Crippen LogP contribution in [0.3, 0.4) is 0 Å². The van der Waals surface area contributed by atoms with E-state index in [1.807, 2.05) is 6.07 Å². The van der Waals surface area contributed by atoms with Crippen LogP contribution in [0.25, 0.3) is 6.08 Å². The number of nitro benzene ring substituents is 2. The Morgan fingerprint density at radius 2 is 1.35 bits per heavy atom. The number of anilines is 1. The average Bonchev–Trinajstić information content (AvgIpc) is 2.78. The molecule has 0 bridgehead atoms. The predicted octanol–water partition coefficient (Wildman–Crippen LogP) is 4.65. The number of nitrogens with one attached hydrogen (secondary N) is 1. The van der Waals surface area contributed by atoms with Gasteiger partial charge in [0.15, 0.2) is 5.78 Å². The number of carbonyl (C=O) groups is 2. The van der Waals surface area contributed by atoms with Gasteiger partial charge in [-0.1, -0.05) is 48.5 Å². The Morgan fingerprint density at radius 3 is 1.90 bits per heavy atom. The minimum Gasteiger partial charge on any atom is -0.322 e. The highest BCUT2D eigenvalue weighted by atomic mass is 16.6. The summed E-state index contributed by atoms with van der Waals surface area (Å²) in [5.41, 5.74) is 0.344. The minimum atomic E-state index is -0.804. The van der Waals surface area contributed by atoms with Crippen LogP contribution in [0, 0.1) is 20.2 Å². The van der Waals surface area contributed by atoms with Crippen molar-refractivity contribution in [2.45, 2.75) is 0 Å². The van der Waals surface area contributed by atoms with Crippen LogP contribution < -0.4 is 5.32 Å². The van der Waals surface area contributed by atoms with Gasteiger partial charge in [-0.05, 0) is 23.8 Å². The predicted molar refractivity (Wildman–Crippen MR) is 114 cm³/mol. The van der Waals surface area contributed by atoms with Gasteiger partial charge in [0.2, 0.25) is 0 Å². The van der Waals surface area contributed by atoms with Crippen LogP contribution in [-0.2, 0) is 0 Å². The lowest BCUT2D eigenvalue weighted by Gasteiger charge is -2.06. The molecule has 0 aliphatic heterocycles. The molecular formula is C22H15N3O6. The van der Waals surface area contributed by atoms with E-state index in [0.717, 1.165) is 18.2 Å². The summed E-state index contributed by atoms with van der Waals surface area (Å²) in [5, 5.41) is 24.5. The summed E-state index contributed by atoms with van der Waals surface area (Å²) < 4.78 is 0. The van der Waals surface area contributed by atoms with Gasteiger partial charge < -0.3 is 5.32 Å². The van der Waals surface area contributed by atoms with Gasteiger partial charge in [0, 0.05) is 23.4 Å². The van der Waals surface area contributed by atoms with Crippen molar-refractivity contribution in [2.24, 2.45) is 0 Å². The van der Waals surface area contributed by atoms with E-state index in [1.54, 1.807) is 54.6 Å². The van der Waals surface area contributed by atoms with Gasteiger partial charge in [-0.25, -0.2) is 0 Å². The summed E-state index contributed by atoms with van der Waals surface area (Å²) in [5.74, 6) is -0.875. The van der Waals surface area contributed by atoms with E-state index in [-0.39, 0.29) is 11.3 Å². The number of amides is 1. The fraction of sp³-hybridized carbons (Fsp3) is 0. The number of benzene rings is 3. The number of hydrogen-bond acceptors (Lipinski definition) is 6. The number of allylic oxidation sites excluding steroid dienone is 1. The Balaban J connectivity index is 1.72. The molecular weight excluding hydrogens is 402 g/mol. The summed E-state index contributed by atoms with van der Waals surface area (Å²) in [6, 6.07) is 18.0. The van der Waals surface area contributed by atoms with Crippen molar-refractivity contribution in [1.82, 2.24) is 0 Å². The first-order valence-electron chi connectivity index (χ1n) is 8.96. The molecule has 0 saturated carbocycles. The fourth-order valence-electron chi connectivity index (χ4n) is 2.69. The maximum Gasteiger partial charge on any atom is 0.277 e. The Morgan fingerprint density at radius 1 is 0.774 bits per heavy atom. The van der Waals surface area contributed by atoms with Gasteiger partial charge >= 0.3 is 0 Å². The molecule has 0 fully saturated rings. The molecule has 0 radical (unpaired) electrons. The molecule has 154 valence electrons. The maximum absolute atomic E-state index is 12.4. The van der Waals surface area contributed by atoms with Gasteiger partial charge in [-0.2, -0.15) is 0 Å². The van der Waals surface area contributed by atoms with E-state index in [4.69, 9.17) is 0 Å². The number of rotatable bonds is 7. The molecule has 0 unspecified atom stereocenters. The number of nitro groups is 2. The molecule has 0 aliphatic carbocycles. The van der Waals surface area contributed by atoms with E-state index in [1.165, 1.54) is 6.08 Å². The fourth-order valence-corrected chi connectivity index (χ4v) is 2.69. The molecule has 3 aromatic rings. The summed E-state index contributed by atoms with van der Waals surface area (Å²) >= 11 is 0. The molecule has 3 aromatic carbocycles. The summed E-state index contributed by atoms with van der Waals surface area (Å²) in [7, 11) is 0. The molecule has 9 nitrogen and oxygen atoms in total. The number of non-ortho nitro benzene ring substituents is 2. The molecule has 0 atom stereocenters. The van der Waals surface area contributed by atoms with Gasteiger partial charge in [-0.15, -0.1) is 0 Å². The zero-order chi connectivity index (χ0) is 22.4. The first kappa shape index (κ1) is 21.1. The Bertz CT molecular complexity index is 1160. The Kier molecular flexibility index (Phi) is 6.27. The molecule has 0 aromatic heterocycles. The van der Waals surface area contributed by atoms with Crippen LogP contribution in [0.1, 0.15) is 26.3 Å². The second-order valence-corrected chi connectivity index (χ2v) is 6.39. The van der Waals surface area contributed by atoms with Crippen molar-refractivity contribution in [1.29, 1.82) is 0 Å². The molecule has 1 N–H and O–H groups in total. The summed E-state index contributed by atoms with van der Waals surface area (Å²) in [6.45, 7) is 0. The zero-order valence-electron chi connectivity index (χ0n) is 15.9. The summed E-state index contributed by atoms with van der Waals surface area (Å²) in [4.78, 5) is 44.8. The van der Waals surface area contributed by atoms with Crippen molar-refractivity contribution in [2.75, 3.05) is 5.32 Å². The van der Waals surface area contributed by atoms with Crippen LogP contribution in [-0.4, -0.2) is 21.5 Å². The lowest BCUT2D eigenvalue weighted by molar-refractivity contribution is -0.394. The Hall–Kier alpha value is -4.66. The third-order valence-electron chi connectivity index (χ3n) is 4.24. The van der Waals surface area contributed by atoms with Crippen LogP contribution in [0.2, 0.25) is 0 Å². The third kappa shape index (κ3) is 5.45. The van der Waals surface area contributed by atoms with Crippen LogP contribution in [0.5, 0.6) is 0 Å². The second-order valence-electron chi connectivity index (χ2n) is 6.39. The highest BCUT2D eigenvalue weighted by Gasteiger charge is 2.20. The molecule has 31 heavy (non-hydrogen) atoms. The molecule has 0 heterocycles. The van der Waals surface area contributed by atoms with Crippen LogP contribution in [0.15, 0.2) is 78.9 Å². The van der Waals surface area contributed by atoms with Crippen LogP contribution >= 0.6 is 0 Å². The van der Waals surface area contributed by atoms with Gasteiger partial charge in [0.25, 0.3) is 17.3 Å². The molecule has 0 saturated heterocycles. The minimum absolute atomic E-state index is 0.148. The number of nitrogens with zero attached hydrogens (tertiary/aromatic N) is 2. The molecule has 9 heteroatoms. The smallest absolute Gasteiger partial charge is 0.277 e. The van der Waals surface area contributed by atoms with Gasteiger partial charge in [-0.3, -0.25) is 29.8 Å². The van der Waals surface area contributed by atoms with E-state index < -0.39 is 27.1 Å². The first-order chi connectivity index (χ1) is 14.8. The van der Waals surface area contributed by atoms with Crippen LogP contribution in [0.4, 0.5) is 17.1 Å². The van der Waals surface area contributed by atoms with Crippen molar-refractivity contribution < 1.29 is 19.4 Å². The standard InChI is InChI=1S/C22H15N3O6/c26-21(16-4-2-1-3-5-16)11-8-15-6-9-18(10-7-15)23-22(27)17-12-19(24(28)29)14-20(13-17)25(30)31/h1-14H,(H,23,27)/b11-8+. The SMILES string of the molecule is O=C(/C=C/c1ccc(NC(=O)c2cc([N+](=O)[O-])cc([N+](=O)[O-])c2)cc1)c1ccccc1. The monoisotopic (exact) mass is 417 g/mol. The zero-order valence-corrected chi connectivity index (χ0v) is 15.9. The summed E-state index contributed by atoms with van der Waals surface area (Å²) in [6.07, 6.45) is 3.07. The third-order valence-corrected chi connectivity index (χ3v) is 4.24. The van der Waals surface area contributed by atoms with Crippen molar-refractivity contribution in [3.8, 4) is 0 Å². The first-order valence-corrected chi connectivity index (χ1v) is 8.96. The maximum atomic E-state index is 12.4. The molecule has 0 aliphatic rings. The average molecular weight is 417 g/mol. The Labute approximate surface area is 175 Å². The van der Waals surface area contributed by atoms with E-state index in [0.29, 0.717) is 16.8 Å². The molecule has 0 spiro atoms. The van der Waals surface area contributed by atoms with Gasteiger partial charge in [0.05, 0.1) is 21.5 Å². The number of ketones is 1. The van der Waals surface area contributed by atoms with Gasteiger partial charge in [0.1, 0.15) is 0 Å². The van der Waals surface area contributed by atoms with E-state index in [2.05, 4.69) is 5.32 Å². The van der Waals surface area contributed by atoms with Crippen molar-refractivity contribution in [3.05, 3.63) is 116 Å². The number of hydrogen-bond donors (Lipinski definition) is 1. The van der Waals surface area contributed by atoms with E-state index in [9.17, 15) is 29.8 Å². The van der Waals surface area contributed by atoms with Crippen molar-refractivity contribution in [3.63, 3.8) is 0 Å².